The number of hydrogen-bond acceptors (Lipinski definition) is 5. The van der Waals surface area contributed by atoms with E-state index in [0.717, 1.165) is 17.8 Å². The van der Waals surface area contributed by atoms with Crippen LogP contribution in [0.25, 0.3) is 0 Å². The third-order valence-electron chi connectivity index (χ3n) is 2.82. The molecule has 0 amide bonds. The van der Waals surface area contributed by atoms with E-state index in [1.165, 1.54) is 5.56 Å². The van der Waals surface area contributed by atoms with Gasteiger partial charge in [0.1, 0.15) is 5.75 Å². The molecule has 1 aromatic carbocycles. The molecule has 1 aromatic heterocycles. The second kappa shape index (κ2) is 6.99. The van der Waals surface area contributed by atoms with Gasteiger partial charge in [0.25, 0.3) is 0 Å². The maximum atomic E-state index is 11.9. The maximum Gasteiger partial charge on any atom is 0.309 e. The zero-order valence-electron chi connectivity index (χ0n) is 11.5. The number of carbonyl (C=O) groups excluding carboxylic acids is 1. The van der Waals surface area contributed by atoms with Gasteiger partial charge in [0, 0.05) is 5.38 Å². The molecule has 21 heavy (non-hydrogen) atoms. The van der Waals surface area contributed by atoms with Crippen LogP contribution < -0.4 is 4.74 Å². The Morgan fingerprint density at radius 3 is 2.62 bits per heavy atom. The number of aromatic nitrogens is 1. The fourth-order valence-electron chi connectivity index (χ4n) is 1.70. The monoisotopic (exact) mass is 305 g/mol. The zero-order chi connectivity index (χ0) is 15.2. The van der Waals surface area contributed by atoms with Crippen molar-refractivity contribution >= 4 is 23.1 Å². The van der Waals surface area contributed by atoms with Crippen LogP contribution in [-0.4, -0.2) is 28.4 Å². The van der Waals surface area contributed by atoms with Crippen LogP contribution in [0.1, 0.15) is 28.0 Å². The number of Topliss-reactive ketones (excluding diaryl/α,β-unsaturated/α-hetero) is 1. The van der Waals surface area contributed by atoms with E-state index in [-0.39, 0.29) is 23.8 Å². The Balaban J connectivity index is 1.91. The summed E-state index contributed by atoms with van der Waals surface area (Å²) < 4.78 is 5.41. The molecule has 0 radical (unpaired) electrons. The molecule has 0 aliphatic carbocycles. The first kappa shape index (κ1) is 15.2. The van der Waals surface area contributed by atoms with E-state index in [2.05, 4.69) is 11.9 Å². The van der Waals surface area contributed by atoms with E-state index < -0.39 is 5.97 Å². The zero-order valence-corrected chi connectivity index (χ0v) is 12.4. The molecular formula is C15H15NO4S. The summed E-state index contributed by atoms with van der Waals surface area (Å²) in [6.45, 7) is 1.96. The highest BCUT2D eigenvalue weighted by molar-refractivity contribution is 7.11. The average Bonchev–Trinajstić information content (AvgIpc) is 2.93. The van der Waals surface area contributed by atoms with Crippen molar-refractivity contribution in [3.8, 4) is 5.75 Å². The van der Waals surface area contributed by atoms with E-state index in [1.54, 1.807) is 5.38 Å². The summed E-state index contributed by atoms with van der Waals surface area (Å²) >= 11 is 1.14. The number of aliphatic carboxylic acids is 1. The summed E-state index contributed by atoms with van der Waals surface area (Å²) in [4.78, 5) is 26.5. The molecule has 0 saturated carbocycles. The Kier molecular flexibility index (Phi) is 5.05. The highest BCUT2D eigenvalue weighted by atomic mass is 32.1. The molecule has 0 aliphatic rings. The van der Waals surface area contributed by atoms with Gasteiger partial charge in [0.15, 0.2) is 11.6 Å². The van der Waals surface area contributed by atoms with Crippen LogP contribution in [-0.2, 0) is 17.6 Å². The molecule has 1 heterocycles. The minimum Gasteiger partial charge on any atom is -0.485 e. The van der Waals surface area contributed by atoms with Gasteiger partial charge in [-0.2, -0.15) is 0 Å². The number of nitrogens with zero attached hydrogens (tertiary/aromatic N) is 1. The normalized spacial score (nSPS) is 10.3. The van der Waals surface area contributed by atoms with Crippen molar-refractivity contribution in [1.82, 2.24) is 4.98 Å². The molecule has 0 unspecified atom stereocenters. The summed E-state index contributed by atoms with van der Waals surface area (Å²) in [6.07, 6.45) is 0.772. The molecule has 0 saturated heterocycles. The molecule has 0 bridgehead atoms. The second-order valence-electron chi connectivity index (χ2n) is 4.42. The Labute approximate surface area is 126 Å². The lowest BCUT2D eigenvalue weighted by molar-refractivity contribution is -0.136. The van der Waals surface area contributed by atoms with Gasteiger partial charge >= 0.3 is 5.97 Å². The van der Waals surface area contributed by atoms with Gasteiger partial charge in [-0.25, -0.2) is 4.98 Å². The van der Waals surface area contributed by atoms with Crippen LogP contribution in [0.15, 0.2) is 29.6 Å². The summed E-state index contributed by atoms with van der Waals surface area (Å²) in [5.74, 6) is -0.592. The molecular weight excluding hydrogens is 290 g/mol. The number of thiazole rings is 1. The van der Waals surface area contributed by atoms with Crippen molar-refractivity contribution in [3.63, 3.8) is 0 Å². The van der Waals surface area contributed by atoms with Crippen molar-refractivity contribution in [1.29, 1.82) is 0 Å². The lowest BCUT2D eigenvalue weighted by Crippen LogP contribution is -2.11. The first-order chi connectivity index (χ1) is 10.1. The van der Waals surface area contributed by atoms with E-state index in [0.29, 0.717) is 11.4 Å². The summed E-state index contributed by atoms with van der Waals surface area (Å²) in [5.41, 5.74) is 1.59. The third kappa shape index (κ3) is 4.39. The summed E-state index contributed by atoms with van der Waals surface area (Å²) in [5, 5.41) is 10.5. The van der Waals surface area contributed by atoms with Crippen LogP contribution in [0.5, 0.6) is 5.75 Å². The van der Waals surface area contributed by atoms with Gasteiger partial charge in [-0.15, -0.1) is 11.3 Å². The Hall–Kier alpha value is -2.21. The largest absolute Gasteiger partial charge is 0.485 e. The van der Waals surface area contributed by atoms with E-state index in [1.807, 2.05) is 24.3 Å². The van der Waals surface area contributed by atoms with Gasteiger partial charge < -0.3 is 9.84 Å². The molecule has 0 spiro atoms. The van der Waals surface area contributed by atoms with Crippen LogP contribution in [0.3, 0.4) is 0 Å². The predicted octanol–water partition coefficient (Wildman–Crippen LogP) is 2.59. The molecule has 110 valence electrons. The van der Waals surface area contributed by atoms with Gasteiger partial charge in [-0.05, 0) is 24.1 Å². The number of carboxylic acid groups (broad SMARTS) is 1. The molecule has 5 nitrogen and oxygen atoms in total. The number of hydrogen-bond donors (Lipinski definition) is 1. The van der Waals surface area contributed by atoms with Crippen molar-refractivity contribution in [3.05, 3.63) is 45.9 Å². The van der Waals surface area contributed by atoms with Gasteiger partial charge in [0.2, 0.25) is 5.78 Å². The van der Waals surface area contributed by atoms with E-state index in [9.17, 15) is 9.59 Å². The molecule has 6 heteroatoms. The number of rotatable bonds is 7. The van der Waals surface area contributed by atoms with Gasteiger partial charge in [-0.1, -0.05) is 19.1 Å². The number of aryl methyl sites for hydroxylation is 1. The molecule has 1 N–H and O–H groups in total. The minimum atomic E-state index is -0.966. The second-order valence-corrected chi connectivity index (χ2v) is 5.28. The number of ether oxygens (including phenoxy) is 1. The number of carbonyl (C=O) groups is 2. The Morgan fingerprint density at radius 1 is 1.29 bits per heavy atom. The van der Waals surface area contributed by atoms with Crippen molar-refractivity contribution in [2.75, 3.05) is 6.61 Å². The molecule has 2 aromatic rings. The smallest absolute Gasteiger partial charge is 0.309 e. The first-order valence-corrected chi connectivity index (χ1v) is 7.37. The van der Waals surface area contributed by atoms with Crippen molar-refractivity contribution in [2.45, 2.75) is 19.8 Å². The quantitative estimate of drug-likeness (QED) is 0.796. The predicted molar refractivity (Wildman–Crippen MR) is 79.1 cm³/mol. The lowest BCUT2D eigenvalue weighted by atomic mass is 10.2. The standard InChI is InChI=1S/C15H15NO4S/c1-2-10-3-5-12(6-4-10)20-8-13(17)15-16-11(9-21-15)7-14(18)19/h3-6,9H,2,7-8H2,1H3,(H,18,19). The first-order valence-electron chi connectivity index (χ1n) is 6.49. The molecule has 0 atom stereocenters. The van der Waals surface area contributed by atoms with Crippen molar-refractivity contribution in [2.24, 2.45) is 0 Å². The SMILES string of the molecule is CCc1ccc(OCC(=O)c2nc(CC(=O)O)cs2)cc1. The van der Waals surface area contributed by atoms with Crippen LogP contribution in [0, 0.1) is 0 Å². The van der Waals surface area contributed by atoms with Crippen molar-refractivity contribution < 1.29 is 19.4 Å². The van der Waals surface area contributed by atoms with Crippen LogP contribution in [0.4, 0.5) is 0 Å². The third-order valence-corrected chi connectivity index (χ3v) is 3.76. The molecule has 0 aliphatic heterocycles. The maximum absolute atomic E-state index is 11.9. The molecule has 0 fully saturated rings. The van der Waals surface area contributed by atoms with Gasteiger partial charge in [0.05, 0.1) is 12.1 Å². The van der Waals surface area contributed by atoms with Gasteiger partial charge in [-0.3, -0.25) is 9.59 Å². The average molecular weight is 305 g/mol. The fourth-order valence-corrected chi connectivity index (χ4v) is 2.45. The highest BCUT2D eigenvalue weighted by Crippen LogP contribution is 2.15. The number of carboxylic acids is 1. The number of ketones is 1. The van der Waals surface area contributed by atoms with E-state index >= 15 is 0 Å². The number of benzene rings is 1. The molecule has 2 rings (SSSR count). The Morgan fingerprint density at radius 2 is 2.00 bits per heavy atom. The minimum absolute atomic E-state index is 0.106. The Bertz CT molecular complexity index is 633. The van der Waals surface area contributed by atoms with E-state index in [4.69, 9.17) is 9.84 Å². The fraction of sp³-hybridized carbons (Fsp3) is 0.267. The van der Waals surface area contributed by atoms with Crippen LogP contribution >= 0.6 is 11.3 Å². The topological polar surface area (TPSA) is 76.5 Å². The summed E-state index contributed by atoms with van der Waals surface area (Å²) in [6, 6.07) is 7.55. The highest BCUT2D eigenvalue weighted by Gasteiger charge is 2.13. The summed E-state index contributed by atoms with van der Waals surface area (Å²) in [7, 11) is 0. The van der Waals surface area contributed by atoms with Crippen LogP contribution in [0.2, 0.25) is 0 Å². The lowest BCUT2D eigenvalue weighted by Gasteiger charge is -2.04.